The molecule has 0 atom stereocenters. The van der Waals surface area contributed by atoms with Crippen molar-refractivity contribution in [3.8, 4) is 0 Å². The molecule has 0 aromatic rings. The predicted octanol–water partition coefficient (Wildman–Crippen LogP) is 3.35. The molecule has 0 saturated heterocycles. The summed E-state index contributed by atoms with van der Waals surface area (Å²) in [5.41, 5.74) is 1.37. The van der Waals surface area contributed by atoms with E-state index in [0.29, 0.717) is 0 Å². The maximum Gasteiger partial charge on any atom is -0.0294 e. The van der Waals surface area contributed by atoms with Crippen LogP contribution in [-0.2, 0) is 0 Å². The lowest BCUT2D eigenvalue weighted by molar-refractivity contribution is 0.772. The zero-order valence-corrected chi connectivity index (χ0v) is 6.61. The van der Waals surface area contributed by atoms with Crippen LogP contribution >= 0.6 is 0 Å². The van der Waals surface area contributed by atoms with Gasteiger partial charge in [-0.1, -0.05) is 32.4 Å². The van der Waals surface area contributed by atoms with Crippen LogP contribution in [0, 0.1) is 6.42 Å². The highest BCUT2D eigenvalue weighted by molar-refractivity contribution is 4.96. The van der Waals surface area contributed by atoms with Crippen molar-refractivity contribution < 1.29 is 0 Å². The SMILES string of the molecule is C=C(C[CH]C)CCCC. The first-order valence-electron chi connectivity index (χ1n) is 3.75. The fourth-order valence-electron chi connectivity index (χ4n) is 0.818. The molecule has 0 rings (SSSR count). The van der Waals surface area contributed by atoms with Gasteiger partial charge < -0.3 is 0 Å². The minimum Gasteiger partial charge on any atom is -0.0999 e. The van der Waals surface area contributed by atoms with Gasteiger partial charge in [-0.05, 0) is 25.7 Å². The summed E-state index contributed by atoms with van der Waals surface area (Å²) in [6.45, 7) is 8.24. The third kappa shape index (κ3) is 5.61. The van der Waals surface area contributed by atoms with Crippen LogP contribution in [0.4, 0.5) is 0 Å². The van der Waals surface area contributed by atoms with Crippen LogP contribution in [0.15, 0.2) is 12.2 Å². The largest absolute Gasteiger partial charge is 0.0999 e. The first-order chi connectivity index (χ1) is 4.31. The maximum absolute atomic E-state index is 3.95. The van der Waals surface area contributed by atoms with E-state index in [-0.39, 0.29) is 0 Å². The van der Waals surface area contributed by atoms with Crippen molar-refractivity contribution >= 4 is 0 Å². The van der Waals surface area contributed by atoms with Crippen LogP contribution in [0.1, 0.15) is 39.5 Å². The van der Waals surface area contributed by atoms with Crippen molar-refractivity contribution in [1.82, 2.24) is 0 Å². The van der Waals surface area contributed by atoms with E-state index in [2.05, 4.69) is 26.8 Å². The average molecular weight is 125 g/mol. The van der Waals surface area contributed by atoms with Gasteiger partial charge >= 0.3 is 0 Å². The van der Waals surface area contributed by atoms with Crippen LogP contribution in [-0.4, -0.2) is 0 Å². The van der Waals surface area contributed by atoms with Crippen LogP contribution in [0.5, 0.6) is 0 Å². The summed E-state index contributed by atoms with van der Waals surface area (Å²) in [6, 6.07) is 0. The van der Waals surface area contributed by atoms with Gasteiger partial charge in [0.15, 0.2) is 0 Å². The van der Waals surface area contributed by atoms with E-state index in [0.717, 1.165) is 6.42 Å². The molecule has 0 bridgehead atoms. The molecule has 0 aliphatic heterocycles. The topological polar surface area (TPSA) is 0 Å². The molecular weight excluding hydrogens is 108 g/mol. The van der Waals surface area contributed by atoms with Gasteiger partial charge in [0.25, 0.3) is 0 Å². The van der Waals surface area contributed by atoms with Crippen molar-refractivity contribution in [2.24, 2.45) is 0 Å². The van der Waals surface area contributed by atoms with Gasteiger partial charge in [-0.25, -0.2) is 0 Å². The van der Waals surface area contributed by atoms with Gasteiger partial charge in [0.2, 0.25) is 0 Å². The summed E-state index contributed by atoms with van der Waals surface area (Å²) < 4.78 is 0. The Morgan fingerprint density at radius 1 is 1.56 bits per heavy atom. The van der Waals surface area contributed by atoms with E-state index in [9.17, 15) is 0 Å². The lowest BCUT2D eigenvalue weighted by atomic mass is 10.1. The summed E-state index contributed by atoms with van der Waals surface area (Å²) >= 11 is 0. The Labute approximate surface area is 59.0 Å². The minimum absolute atomic E-state index is 1.10. The molecule has 0 heterocycles. The fraction of sp³-hybridized carbons (Fsp3) is 0.667. The van der Waals surface area contributed by atoms with Crippen molar-refractivity contribution in [2.45, 2.75) is 39.5 Å². The molecule has 0 spiro atoms. The lowest BCUT2D eigenvalue weighted by Gasteiger charge is -1.99. The Hall–Kier alpha value is -0.260. The van der Waals surface area contributed by atoms with E-state index >= 15 is 0 Å². The number of hydrogen-bond donors (Lipinski definition) is 0. The van der Waals surface area contributed by atoms with Crippen molar-refractivity contribution in [2.75, 3.05) is 0 Å². The molecule has 0 N–H and O–H groups in total. The quantitative estimate of drug-likeness (QED) is 0.494. The van der Waals surface area contributed by atoms with E-state index in [1.165, 1.54) is 24.8 Å². The minimum atomic E-state index is 1.10. The highest BCUT2D eigenvalue weighted by Gasteiger charge is 1.90. The van der Waals surface area contributed by atoms with E-state index in [1.807, 2.05) is 0 Å². The summed E-state index contributed by atoms with van der Waals surface area (Å²) in [6.07, 6.45) is 7.05. The molecule has 0 aromatic heterocycles. The number of unbranched alkanes of at least 4 members (excludes halogenated alkanes) is 1. The summed E-state index contributed by atoms with van der Waals surface area (Å²) in [5.74, 6) is 0. The van der Waals surface area contributed by atoms with Crippen molar-refractivity contribution in [3.05, 3.63) is 18.6 Å². The second-order valence-electron chi connectivity index (χ2n) is 2.47. The highest BCUT2D eigenvalue weighted by Crippen LogP contribution is 2.09. The standard InChI is InChI=1S/C9H17/c1-4-6-8-9(3)7-5-2/h5H,3-4,6-8H2,1-2H3. The Bertz CT molecular complexity index is 72.1. The monoisotopic (exact) mass is 125 g/mol. The Balaban J connectivity index is 3.06. The molecule has 0 fully saturated rings. The van der Waals surface area contributed by atoms with Gasteiger partial charge in [0, 0.05) is 0 Å². The van der Waals surface area contributed by atoms with Crippen molar-refractivity contribution in [3.63, 3.8) is 0 Å². The second-order valence-corrected chi connectivity index (χ2v) is 2.47. The Morgan fingerprint density at radius 3 is 2.67 bits per heavy atom. The van der Waals surface area contributed by atoms with Crippen LogP contribution in [0.3, 0.4) is 0 Å². The third-order valence-electron chi connectivity index (χ3n) is 1.38. The molecule has 0 nitrogen and oxygen atoms in total. The van der Waals surface area contributed by atoms with Crippen LogP contribution in [0.2, 0.25) is 0 Å². The third-order valence-corrected chi connectivity index (χ3v) is 1.38. The zero-order valence-electron chi connectivity index (χ0n) is 6.61. The molecule has 0 heteroatoms. The smallest absolute Gasteiger partial charge is 0.0294 e. The van der Waals surface area contributed by atoms with Gasteiger partial charge in [0.05, 0.1) is 0 Å². The van der Waals surface area contributed by atoms with Crippen molar-refractivity contribution in [1.29, 1.82) is 0 Å². The summed E-state index contributed by atoms with van der Waals surface area (Å²) in [4.78, 5) is 0. The lowest BCUT2D eigenvalue weighted by Crippen LogP contribution is -1.80. The molecule has 9 heavy (non-hydrogen) atoms. The zero-order chi connectivity index (χ0) is 7.11. The van der Waals surface area contributed by atoms with E-state index in [4.69, 9.17) is 0 Å². The highest BCUT2D eigenvalue weighted by atomic mass is 14.0. The first-order valence-corrected chi connectivity index (χ1v) is 3.75. The summed E-state index contributed by atoms with van der Waals surface area (Å²) in [7, 11) is 0. The van der Waals surface area contributed by atoms with Gasteiger partial charge in [-0.15, -0.1) is 0 Å². The van der Waals surface area contributed by atoms with Gasteiger partial charge in [-0.3, -0.25) is 0 Å². The number of allylic oxidation sites excluding steroid dienone is 1. The van der Waals surface area contributed by atoms with E-state index < -0.39 is 0 Å². The van der Waals surface area contributed by atoms with Crippen LogP contribution < -0.4 is 0 Å². The second kappa shape index (κ2) is 5.87. The average Bonchev–Trinajstić information content (AvgIpc) is 1.85. The van der Waals surface area contributed by atoms with Crippen LogP contribution in [0.25, 0.3) is 0 Å². The Morgan fingerprint density at radius 2 is 2.22 bits per heavy atom. The number of hydrogen-bond acceptors (Lipinski definition) is 0. The fourth-order valence-corrected chi connectivity index (χ4v) is 0.818. The molecule has 53 valence electrons. The van der Waals surface area contributed by atoms with Gasteiger partial charge in [-0.2, -0.15) is 0 Å². The van der Waals surface area contributed by atoms with E-state index in [1.54, 1.807) is 0 Å². The summed E-state index contributed by atoms with van der Waals surface area (Å²) in [5, 5.41) is 0. The number of rotatable bonds is 5. The molecule has 0 aliphatic rings. The Kier molecular flexibility index (Phi) is 5.70. The molecule has 1 radical (unpaired) electrons. The molecular formula is C9H17. The molecule has 0 amide bonds. The normalized spacial score (nSPS) is 9.56. The molecule has 0 aromatic carbocycles. The first kappa shape index (κ1) is 8.74. The predicted molar refractivity (Wildman–Crippen MR) is 43.3 cm³/mol. The molecule has 0 unspecified atom stereocenters. The maximum atomic E-state index is 3.95. The molecule has 0 aliphatic carbocycles. The van der Waals surface area contributed by atoms with Gasteiger partial charge in [0.1, 0.15) is 0 Å². The molecule has 0 saturated carbocycles.